The van der Waals surface area contributed by atoms with Crippen molar-refractivity contribution in [3.05, 3.63) is 35.1 Å². The molecular weight excluding hydrogens is 247 g/mol. The lowest BCUT2D eigenvalue weighted by Crippen LogP contribution is -2.36. The monoisotopic (exact) mass is 266 g/mol. The average molecular weight is 266 g/mol. The van der Waals surface area contributed by atoms with E-state index in [1.165, 1.54) is 6.07 Å². The topological polar surface area (TPSA) is 64.3 Å². The Balaban J connectivity index is 1.82. The predicted octanol–water partition coefficient (Wildman–Crippen LogP) is 1.44. The Hall–Kier alpha value is -1.46. The highest BCUT2D eigenvalue weighted by atomic mass is 19.1. The van der Waals surface area contributed by atoms with E-state index in [1.807, 2.05) is 7.05 Å². The Morgan fingerprint density at radius 3 is 2.84 bits per heavy atom. The van der Waals surface area contributed by atoms with Gasteiger partial charge in [-0.3, -0.25) is 4.79 Å². The number of ether oxygens (including phenoxy) is 1. The molecule has 0 saturated heterocycles. The van der Waals surface area contributed by atoms with Crippen molar-refractivity contribution in [1.82, 2.24) is 5.32 Å². The van der Waals surface area contributed by atoms with Gasteiger partial charge in [0.1, 0.15) is 5.82 Å². The van der Waals surface area contributed by atoms with Crippen LogP contribution in [0.5, 0.6) is 0 Å². The molecular formula is C14H19FN2O2. The first-order chi connectivity index (χ1) is 9.10. The molecule has 19 heavy (non-hydrogen) atoms. The maximum Gasteiger partial charge on any atom is 0.248 e. The minimum Gasteiger partial charge on any atom is -0.373 e. The van der Waals surface area contributed by atoms with Crippen molar-refractivity contribution in [3.8, 4) is 0 Å². The van der Waals surface area contributed by atoms with Crippen LogP contribution in [0.3, 0.4) is 0 Å². The van der Waals surface area contributed by atoms with Gasteiger partial charge in [-0.2, -0.15) is 0 Å². The van der Waals surface area contributed by atoms with Crippen LogP contribution in [-0.2, 0) is 11.3 Å². The molecule has 104 valence electrons. The number of hydrogen-bond acceptors (Lipinski definition) is 3. The second-order valence-corrected chi connectivity index (χ2v) is 5.00. The molecule has 0 bridgehead atoms. The molecule has 1 aliphatic rings. The Kier molecular flexibility index (Phi) is 4.50. The zero-order valence-corrected chi connectivity index (χ0v) is 11.0. The summed E-state index contributed by atoms with van der Waals surface area (Å²) in [5, 5.41) is 3.13. The summed E-state index contributed by atoms with van der Waals surface area (Å²) >= 11 is 0. The van der Waals surface area contributed by atoms with E-state index < -0.39 is 11.7 Å². The summed E-state index contributed by atoms with van der Waals surface area (Å²) < 4.78 is 19.3. The van der Waals surface area contributed by atoms with Crippen LogP contribution in [0.15, 0.2) is 18.2 Å². The fourth-order valence-electron chi connectivity index (χ4n) is 2.29. The molecule has 4 nitrogen and oxygen atoms in total. The van der Waals surface area contributed by atoms with Crippen molar-refractivity contribution in [2.24, 2.45) is 11.7 Å². The quantitative estimate of drug-likeness (QED) is 0.819. The smallest absolute Gasteiger partial charge is 0.248 e. The summed E-state index contributed by atoms with van der Waals surface area (Å²) in [5.41, 5.74) is 5.73. The molecule has 5 heteroatoms. The summed E-state index contributed by atoms with van der Waals surface area (Å²) in [5.74, 6) is -0.403. The van der Waals surface area contributed by atoms with E-state index in [0.717, 1.165) is 25.5 Å². The SMILES string of the molecule is CNCC1CC(OCc2ccc(C(N)=O)cc2F)C1. The molecule has 2 rings (SSSR count). The molecule has 0 aromatic heterocycles. The third kappa shape index (κ3) is 3.52. The van der Waals surface area contributed by atoms with Gasteiger partial charge >= 0.3 is 0 Å². The second kappa shape index (κ2) is 6.12. The second-order valence-electron chi connectivity index (χ2n) is 5.00. The highest BCUT2D eigenvalue weighted by Gasteiger charge is 2.29. The molecule has 0 aliphatic heterocycles. The fraction of sp³-hybridized carbons (Fsp3) is 0.500. The van der Waals surface area contributed by atoms with Gasteiger partial charge < -0.3 is 15.8 Å². The van der Waals surface area contributed by atoms with Crippen LogP contribution >= 0.6 is 0 Å². The number of benzene rings is 1. The van der Waals surface area contributed by atoms with Gasteiger partial charge in [0.2, 0.25) is 5.91 Å². The van der Waals surface area contributed by atoms with Crippen LogP contribution in [0.2, 0.25) is 0 Å². The number of amides is 1. The zero-order chi connectivity index (χ0) is 13.8. The molecule has 0 radical (unpaired) electrons. The van der Waals surface area contributed by atoms with E-state index >= 15 is 0 Å². The van der Waals surface area contributed by atoms with Gasteiger partial charge in [0.25, 0.3) is 0 Å². The summed E-state index contributed by atoms with van der Waals surface area (Å²) in [6.07, 6.45) is 2.25. The minimum absolute atomic E-state index is 0.180. The molecule has 0 heterocycles. The Bertz CT molecular complexity index is 459. The van der Waals surface area contributed by atoms with Gasteiger partial charge in [-0.05, 0) is 44.5 Å². The highest BCUT2D eigenvalue weighted by Crippen LogP contribution is 2.30. The first-order valence-corrected chi connectivity index (χ1v) is 6.44. The first-order valence-electron chi connectivity index (χ1n) is 6.44. The predicted molar refractivity (Wildman–Crippen MR) is 70.1 cm³/mol. The zero-order valence-electron chi connectivity index (χ0n) is 11.0. The average Bonchev–Trinajstić information content (AvgIpc) is 2.33. The van der Waals surface area contributed by atoms with Crippen LogP contribution in [-0.4, -0.2) is 25.6 Å². The molecule has 1 aromatic rings. The summed E-state index contributed by atoms with van der Waals surface area (Å²) in [6.45, 7) is 1.24. The van der Waals surface area contributed by atoms with Crippen molar-refractivity contribution >= 4 is 5.91 Å². The lowest BCUT2D eigenvalue weighted by Gasteiger charge is -2.35. The number of halogens is 1. The van der Waals surface area contributed by atoms with Gasteiger partial charge in [0.05, 0.1) is 12.7 Å². The number of nitrogens with one attached hydrogen (secondary N) is 1. The van der Waals surface area contributed by atoms with Gasteiger partial charge in [-0.1, -0.05) is 6.07 Å². The van der Waals surface area contributed by atoms with Crippen LogP contribution in [0.1, 0.15) is 28.8 Å². The summed E-state index contributed by atoms with van der Waals surface area (Å²) in [7, 11) is 1.93. The summed E-state index contributed by atoms with van der Waals surface area (Å²) in [4.78, 5) is 10.9. The van der Waals surface area contributed by atoms with Crippen LogP contribution in [0, 0.1) is 11.7 Å². The standard InChI is InChI=1S/C14H19FN2O2/c1-17-7-9-4-12(5-9)19-8-11-3-2-10(14(16)18)6-13(11)15/h2-3,6,9,12,17H,4-5,7-8H2,1H3,(H2,16,18). The first kappa shape index (κ1) is 14.0. The molecule has 1 amide bonds. The van der Waals surface area contributed by atoms with Gasteiger partial charge in [0, 0.05) is 11.1 Å². The Labute approximate surface area is 112 Å². The van der Waals surface area contributed by atoms with Crippen LogP contribution in [0.25, 0.3) is 0 Å². The van der Waals surface area contributed by atoms with Crippen molar-refractivity contribution in [3.63, 3.8) is 0 Å². The van der Waals surface area contributed by atoms with Gasteiger partial charge in [-0.25, -0.2) is 4.39 Å². The van der Waals surface area contributed by atoms with E-state index in [2.05, 4.69) is 5.32 Å². The third-order valence-electron chi connectivity index (χ3n) is 3.50. The number of nitrogens with two attached hydrogens (primary N) is 1. The summed E-state index contributed by atoms with van der Waals surface area (Å²) in [6, 6.07) is 4.24. The number of carbonyl (C=O) groups excluding carboxylic acids is 1. The Morgan fingerprint density at radius 2 is 2.26 bits per heavy atom. The highest BCUT2D eigenvalue weighted by molar-refractivity contribution is 5.92. The number of hydrogen-bond donors (Lipinski definition) is 2. The number of rotatable bonds is 6. The number of primary amides is 1. The van der Waals surface area contributed by atoms with E-state index in [9.17, 15) is 9.18 Å². The molecule has 1 aromatic carbocycles. The fourth-order valence-corrected chi connectivity index (χ4v) is 2.29. The molecule has 1 fully saturated rings. The molecule has 1 aliphatic carbocycles. The minimum atomic E-state index is -0.625. The van der Waals surface area contributed by atoms with E-state index in [4.69, 9.17) is 10.5 Å². The van der Waals surface area contributed by atoms with E-state index in [-0.39, 0.29) is 18.3 Å². The molecule has 1 saturated carbocycles. The molecule has 0 atom stereocenters. The molecule has 0 spiro atoms. The van der Waals surface area contributed by atoms with Crippen molar-refractivity contribution in [2.45, 2.75) is 25.6 Å². The van der Waals surface area contributed by atoms with Crippen molar-refractivity contribution < 1.29 is 13.9 Å². The molecule has 3 N–H and O–H groups in total. The van der Waals surface area contributed by atoms with Crippen LogP contribution in [0.4, 0.5) is 4.39 Å². The van der Waals surface area contributed by atoms with E-state index in [0.29, 0.717) is 11.5 Å². The van der Waals surface area contributed by atoms with Gasteiger partial charge in [0.15, 0.2) is 0 Å². The van der Waals surface area contributed by atoms with Crippen molar-refractivity contribution in [1.29, 1.82) is 0 Å². The number of carbonyl (C=O) groups is 1. The lowest BCUT2D eigenvalue weighted by atomic mass is 9.82. The molecule has 0 unspecified atom stereocenters. The lowest BCUT2D eigenvalue weighted by molar-refractivity contribution is -0.0399. The third-order valence-corrected chi connectivity index (χ3v) is 3.50. The Morgan fingerprint density at radius 1 is 1.53 bits per heavy atom. The van der Waals surface area contributed by atoms with E-state index in [1.54, 1.807) is 6.07 Å². The maximum atomic E-state index is 13.7. The largest absolute Gasteiger partial charge is 0.373 e. The van der Waals surface area contributed by atoms with Crippen LogP contribution < -0.4 is 11.1 Å². The normalized spacial score (nSPS) is 22.0. The maximum absolute atomic E-state index is 13.7. The van der Waals surface area contributed by atoms with Gasteiger partial charge in [-0.15, -0.1) is 0 Å². The van der Waals surface area contributed by atoms with Crippen molar-refractivity contribution in [2.75, 3.05) is 13.6 Å².